The largest absolute Gasteiger partial charge is 0.454 e. The van der Waals surface area contributed by atoms with Crippen LogP contribution in [0.25, 0.3) is 0 Å². The minimum Gasteiger partial charge on any atom is -0.284 e. The molecule has 0 unspecified atom stereocenters. The van der Waals surface area contributed by atoms with Crippen LogP contribution in [0.15, 0.2) is 11.6 Å². The summed E-state index contributed by atoms with van der Waals surface area (Å²) in [7, 11) is 0. The Morgan fingerprint density at radius 2 is 1.92 bits per heavy atom. The molecule has 0 aromatic rings. The van der Waals surface area contributed by atoms with E-state index in [0.29, 0.717) is 12.8 Å². The van der Waals surface area contributed by atoms with Crippen LogP contribution in [-0.4, -0.2) is 12.0 Å². The monoisotopic (exact) mass is 192 g/mol. The Kier molecular flexibility index (Phi) is 3.12. The van der Waals surface area contributed by atoms with Crippen molar-refractivity contribution in [3.63, 3.8) is 0 Å². The predicted octanol–water partition coefficient (Wildman–Crippen LogP) is 3.01. The number of allylic oxidation sites excluding steroid dienone is 2. The molecule has 0 bridgehead atoms. The molecule has 0 N–H and O–H groups in total. The fourth-order valence-electron chi connectivity index (χ4n) is 1.40. The highest BCUT2D eigenvalue weighted by Crippen LogP contribution is 2.26. The number of Topliss-reactive ketones (excluding diaryl/α,β-unsaturated/α-hetero) is 1. The second kappa shape index (κ2) is 3.94. The molecule has 0 radical (unpaired) electrons. The van der Waals surface area contributed by atoms with Crippen molar-refractivity contribution in [2.24, 2.45) is 0 Å². The van der Waals surface area contributed by atoms with Crippen molar-refractivity contribution in [1.29, 1.82) is 0 Å². The number of rotatable bonds is 1. The highest BCUT2D eigenvalue weighted by molar-refractivity contribution is 5.99. The molecule has 1 rings (SSSR count). The number of carbonyl (C=O) groups is 1. The van der Waals surface area contributed by atoms with E-state index >= 15 is 0 Å². The summed E-state index contributed by atoms with van der Waals surface area (Å²) in [6, 6.07) is 0. The molecule has 0 spiro atoms. The van der Waals surface area contributed by atoms with E-state index in [9.17, 15) is 18.0 Å². The summed E-state index contributed by atoms with van der Waals surface area (Å²) in [6.45, 7) is 0. The first kappa shape index (κ1) is 10.3. The first-order valence-electron chi connectivity index (χ1n) is 4.32. The van der Waals surface area contributed by atoms with E-state index in [0.717, 1.165) is 12.8 Å². The van der Waals surface area contributed by atoms with Crippen LogP contribution in [0, 0.1) is 0 Å². The molecule has 0 amide bonds. The van der Waals surface area contributed by atoms with Gasteiger partial charge in [-0.1, -0.05) is 12.5 Å². The highest BCUT2D eigenvalue weighted by atomic mass is 19.4. The molecule has 4 heteroatoms. The SMILES string of the molecule is O=C(C1=CCCCCC1)C(F)(F)F. The van der Waals surface area contributed by atoms with Crippen LogP contribution in [-0.2, 0) is 4.79 Å². The van der Waals surface area contributed by atoms with Crippen LogP contribution in [0.1, 0.15) is 32.1 Å². The third-order valence-corrected chi connectivity index (χ3v) is 2.09. The molecule has 0 atom stereocenters. The molecular formula is C9H11F3O. The molecular weight excluding hydrogens is 181 g/mol. The van der Waals surface area contributed by atoms with Crippen LogP contribution >= 0.6 is 0 Å². The Hall–Kier alpha value is -0.800. The van der Waals surface area contributed by atoms with Gasteiger partial charge in [-0.15, -0.1) is 0 Å². The van der Waals surface area contributed by atoms with Gasteiger partial charge in [0.05, 0.1) is 0 Å². The Bertz CT molecular complexity index is 228. The zero-order valence-corrected chi connectivity index (χ0v) is 7.16. The molecule has 0 saturated carbocycles. The lowest BCUT2D eigenvalue weighted by atomic mass is 10.1. The maximum Gasteiger partial charge on any atom is 0.454 e. The van der Waals surface area contributed by atoms with Crippen LogP contribution in [0.5, 0.6) is 0 Å². The van der Waals surface area contributed by atoms with E-state index in [1.807, 2.05) is 0 Å². The number of alkyl halides is 3. The molecule has 1 aliphatic carbocycles. The van der Waals surface area contributed by atoms with Gasteiger partial charge in [0.2, 0.25) is 0 Å². The van der Waals surface area contributed by atoms with Crippen molar-refractivity contribution in [2.75, 3.05) is 0 Å². The minimum atomic E-state index is -4.70. The van der Waals surface area contributed by atoms with Gasteiger partial charge in [-0.25, -0.2) is 0 Å². The van der Waals surface area contributed by atoms with Gasteiger partial charge in [0, 0.05) is 5.57 Å². The van der Waals surface area contributed by atoms with Crippen molar-refractivity contribution in [2.45, 2.75) is 38.3 Å². The third kappa shape index (κ3) is 2.86. The van der Waals surface area contributed by atoms with E-state index in [1.165, 1.54) is 6.08 Å². The van der Waals surface area contributed by atoms with Gasteiger partial charge in [-0.05, 0) is 25.7 Å². The van der Waals surface area contributed by atoms with Gasteiger partial charge in [0.1, 0.15) is 0 Å². The molecule has 0 fully saturated rings. The summed E-state index contributed by atoms with van der Waals surface area (Å²) >= 11 is 0. The fraction of sp³-hybridized carbons (Fsp3) is 0.667. The third-order valence-electron chi connectivity index (χ3n) is 2.09. The first-order valence-corrected chi connectivity index (χ1v) is 4.32. The molecule has 13 heavy (non-hydrogen) atoms. The van der Waals surface area contributed by atoms with E-state index in [-0.39, 0.29) is 12.0 Å². The van der Waals surface area contributed by atoms with Gasteiger partial charge in [-0.3, -0.25) is 4.79 Å². The van der Waals surface area contributed by atoms with Gasteiger partial charge in [-0.2, -0.15) is 13.2 Å². The number of ketones is 1. The molecule has 0 aromatic heterocycles. The average molecular weight is 192 g/mol. The summed E-state index contributed by atoms with van der Waals surface area (Å²) in [6.07, 6.45) is 0.0852. The molecule has 0 heterocycles. The van der Waals surface area contributed by atoms with Crippen LogP contribution in [0.4, 0.5) is 13.2 Å². The highest BCUT2D eigenvalue weighted by Gasteiger charge is 2.40. The standard InChI is InChI=1S/C9H11F3O/c10-9(11,12)8(13)7-5-3-1-2-4-6-7/h5H,1-4,6H2. The second-order valence-corrected chi connectivity index (χ2v) is 3.16. The van der Waals surface area contributed by atoms with Crippen LogP contribution in [0.3, 0.4) is 0 Å². The molecule has 1 nitrogen and oxygen atoms in total. The van der Waals surface area contributed by atoms with Crippen LogP contribution < -0.4 is 0 Å². The topological polar surface area (TPSA) is 17.1 Å². The van der Waals surface area contributed by atoms with Gasteiger partial charge in [0.15, 0.2) is 0 Å². The normalized spacial score (nSPS) is 19.2. The predicted molar refractivity (Wildman–Crippen MR) is 42.2 cm³/mol. The summed E-state index contributed by atoms with van der Waals surface area (Å²) in [5, 5.41) is 0. The minimum absolute atomic E-state index is 0.0509. The van der Waals surface area contributed by atoms with E-state index in [1.54, 1.807) is 0 Å². The summed E-state index contributed by atoms with van der Waals surface area (Å²) < 4.78 is 35.9. The van der Waals surface area contributed by atoms with Gasteiger partial charge >= 0.3 is 6.18 Å². The van der Waals surface area contributed by atoms with Crippen LogP contribution in [0.2, 0.25) is 0 Å². The first-order chi connectivity index (χ1) is 6.02. The maximum absolute atomic E-state index is 12.0. The summed E-state index contributed by atoms with van der Waals surface area (Å²) in [4.78, 5) is 10.8. The molecule has 0 aromatic carbocycles. The Morgan fingerprint density at radius 3 is 2.54 bits per heavy atom. The smallest absolute Gasteiger partial charge is 0.284 e. The van der Waals surface area contributed by atoms with Crippen molar-refractivity contribution in [1.82, 2.24) is 0 Å². The average Bonchev–Trinajstić information content (AvgIpc) is 2.28. The van der Waals surface area contributed by atoms with Gasteiger partial charge in [0.25, 0.3) is 5.78 Å². The van der Waals surface area contributed by atoms with Crippen molar-refractivity contribution < 1.29 is 18.0 Å². The quantitative estimate of drug-likeness (QED) is 0.624. The van der Waals surface area contributed by atoms with Crippen molar-refractivity contribution in [3.05, 3.63) is 11.6 Å². The lowest BCUT2D eigenvalue weighted by molar-refractivity contribution is -0.166. The van der Waals surface area contributed by atoms with E-state index in [2.05, 4.69) is 0 Å². The van der Waals surface area contributed by atoms with E-state index < -0.39 is 12.0 Å². The molecule has 1 aliphatic rings. The van der Waals surface area contributed by atoms with E-state index in [4.69, 9.17) is 0 Å². The Balaban J connectivity index is 2.69. The number of hydrogen-bond donors (Lipinski definition) is 0. The zero-order valence-electron chi connectivity index (χ0n) is 7.16. The second-order valence-electron chi connectivity index (χ2n) is 3.16. The fourth-order valence-corrected chi connectivity index (χ4v) is 1.40. The lowest BCUT2D eigenvalue weighted by Crippen LogP contribution is -2.24. The Morgan fingerprint density at radius 1 is 1.23 bits per heavy atom. The zero-order chi connectivity index (χ0) is 9.90. The van der Waals surface area contributed by atoms with Gasteiger partial charge < -0.3 is 0 Å². The summed E-state index contributed by atoms with van der Waals surface area (Å²) in [5.74, 6) is -1.66. The molecule has 0 saturated heterocycles. The lowest BCUT2D eigenvalue weighted by Gasteiger charge is -2.07. The Labute approximate surface area is 74.6 Å². The maximum atomic E-state index is 12.0. The molecule has 74 valence electrons. The number of hydrogen-bond acceptors (Lipinski definition) is 1. The number of halogens is 3. The number of carbonyl (C=O) groups excluding carboxylic acids is 1. The summed E-state index contributed by atoms with van der Waals surface area (Å²) in [5.41, 5.74) is -0.0509. The van der Waals surface area contributed by atoms with Crippen molar-refractivity contribution >= 4 is 5.78 Å². The molecule has 0 aliphatic heterocycles. The van der Waals surface area contributed by atoms with Crippen molar-refractivity contribution in [3.8, 4) is 0 Å².